The van der Waals surface area contributed by atoms with E-state index in [2.05, 4.69) is 17.6 Å². The third-order valence-corrected chi connectivity index (χ3v) is 5.03. The average Bonchev–Trinajstić information content (AvgIpc) is 2.92. The fourth-order valence-corrected chi connectivity index (χ4v) is 4.30. The molecular weight excluding hydrogens is 254 g/mol. The Kier molecular flexibility index (Phi) is 4.47. The van der Waals surface area contributed by atoms with Crippen LogP contribution in [0.2, 0.25) is 5.02 Å². The minimum atomic E-state index is -0.0575. The van der Waals surface area contributed by atoms with Gasteiger partial charge in [-0.05, 0) is 38.3 Å². The summed E-state index contributed by atoms with van der Waals surface area (Å²) in [5.74, 6) is 0. The normalized spacial score (nSPS) is 20.6. The molecule has 0 radical (unpaired) electrons. The summed E-state index contributed by atoms with van der Waals surface area (Å²) in [5, 5.41) is 6.33. The molecule has 1 aromatic rings. The maximum Gasteiger partial charge on any atom is 0.0884 e. The van der Waals surface area contributed by atoms with Gasteiger partial charge < -0.3 is 10.1 Å². The number of thiophene rings is 1. The fraction of sp³-hybridized carbons (Fsp3) is 0.692. The van der Waals surface area contributed by atoms with Crippen molar-refractivity contribution in [3.8, 4) is 0 Å². The van der Waals surface area contributed by atoms with Gasteiger partial charge in [0.25, 0.3) is 0 Å². The Morgan fingerprint density at radius 2 is 2.24 bits per heavy atom. The number of rotatable bonds is 5. The van der Waals surface area contributed by atoms with Crippen LogP contribution >= 0.6 is 22.9 Å². The molecular formula is C13H20ClNOS. The second-order valence-corrected chi connectivity index (χ2v) is 5.91. The lowest BCUT2D eigenvalue weighted by Crippen LogP contribution is -2.42. The zero-order chi connectivity index (χ0) is 12.3. The van der Waals surface area contributed by atoms with Gasteiger partial charge in [-0.2, -0.15) is 0 Å². The van der Waals surface area contributed by atoms with E-state index >= 15 is 0 Å². The van der Waals surface area contributed by atoms with Gasteiger partial charge in [0, 0.05) is 11.5 Å². The van der Waals surface area contributed by atoms with Crippen molar-refractivity contribution in [2.45, 2.75) is 44.2 Å². The molecule has 2 nitrogen and oxygen atoms in total. The highest BCUT2D eigenvalue weighted by Crippen LogP contribution is 2.45. The Labute approximate surface area is 112 Å². The summed E-state index contributed by atoms with van der Waals surface area (Å²) in [4.78, 5) is 1.21. The highest BCUT2D eigenvalue weighted by atomic mass is 35.5. The number of ether oxygens (including phenoxy) is 1. The molecule has 1 fully saturated rings. The minimum Gasteiger partial charge on any atom is -0.373 e. The second-order valence-electron chi connectivity index (χ2n) is 4.56. The Morgan fingerprint density at radius 3 is 2.71 bits per heavy atom. The zero-order valence-corrected chi connectivity index (χ0v) is 12.0. The van der Waals surface area contributed by atoms with Crippen LogP contribution in [-0.4, -0.2) is 19.3 Å². The second kappa shape index (κ2) is 5.70. The summed E-state index contributed by atoms with van der Waals surface area (Å²) in [7, 11) is 2.00. The van der Waals surface area contributed by atoms with Crippen molar-refractivity contribution < 1.29 is 4.74 Å². The first-order valence-electron chi connectivity index (χ1n) is 6.27. The molecule has 0 bridgehead atoms. The molecule has 2 rings (SSSR count). The van der Waals surface area contributed by atoms with Crippen LogP contribution in [0, 0.1) is 0 Å². The standard InChI is InChI=1S/C13H20ClNOS/c1-3-16-13(7-4-5-8-13)12(15-2)11-10(14)6-9-17-11/h6,9,12,15H,3-5,7-8H2,1-2H3. The Bertz CT molecular complexity index is 360. The molecule has 1 N–H and O–H groups in total. The van der Waals surface area contributed by atoms with Gasteiger partial charge in [0.2, 0.25) is 0 Å². The van der Waals surface area contributed by atoms with E-state index in [-0.39, 0.29) is 11.6 Å². The number of hydrogen-bond acceptors (Lipinski definition) is 3. The molecule has 17 heavy (non-hydrogen) atoms. The number of likely N-dealkylation sites (N-methyl/N-ethyl adjacent to an activating group) is 1. The molecule has 1 aliphatic rings. The molecule has 0 aliphatic heterocycles. The molecule has 96 valence electrons. The van der Waals surface area contributed by atoms with Crippen molar-refractivity contribution in [1.82, 2.24) is 5.32 Å². The van der Waals surface area contributed by atoms with E-state index in [9.17, 15) is 0 Å². The summed E-state index contributed by atoms with van der Waals surface area (Å²) < 4.78 is 6.11. The van der Waals surface area contributed by atoms with Gasteiger partial charge in [0.1, 0.15) is 0 Å². The molecule has 1 atom stereocenters. The van der Waals surface area contributed by atoms with Gasteiger partial charge >= 0.3 is 0 Å². The summed E-state index contributed by atoms with van der Waals surface area (Å²) in [6.07, 6.45) is 4.75. The highest BCUT2D eigenvalue weighted by Gasteiger charge is 2.43. The van der Waals surface area contributed by atoms with Gasteiger partial charge in [-0.15, -0.1) is 11.3 Å². The first-order chi connectivity index (χ1) is 8.23. The highest BCUT2D eigenvalue weighted by molar-refractivity contribution is 7.10. The van der Waals surface area contributed by atoms with Crippen LogP contribution in [0.15, 0.2) is 11.4 Å². The Morgan fingerprint density at radius 1 is 1.53 bits per heavy atom. The van der Waals surface area contributed by atoms with Crippen molar-refractivity contribution in [3.05, 3.63) is 21.3 Å². The zero-order valence-electron chi connectivity index (χ0n) is 10.5. The van der Waals surface area contributed by atoms with Gasteiger partial charge in [0.05, 0.1) is 16.7 Å². The SMILES string of the molecule is CCOC1(C(NC)c2sccc2Cl)CCCC1. The quantitative estimate of drug-likeness (QED) is 0.875. The van der Waals surface area contributed by atoms with Crippen molar-refractivity contribution >= 4 is 22.9 Å². The lowest BCUT2D eigenvalue weighted by molar-refractivity contribution is -0.0602. The van der Waals surface area contributed by atoms with E-state index < -0.39 is 0 Å². The van der Waals surface area contributed by atoms with E-state index in [1.165, 1.54) is 17.7 Å². The van der Waals surface area contributed by atoms with E-state index in [1.54, 1.807) is 11.3 Å². The van der Waals surface area contributed by atoms with Gasteiger partial charge in [-0.3, -0.25) is 0 Å². The number of nitrogens with one attached hydrogen (secondary N) is 1. The Balaban J connectivity index is 2.29. The van der Waals surface area contributed by atoms with E-state index in [4.69, 9.17) is 16.3 Å². The van der Waals surface area contributed by atoms with Crippen LogP contribution in [0.1, 0.15) is 43.5 Å². The topological polar surface area (TPSA) is 21.3 Å². The van der Waals surface area contributed by atoms with Crippen molar-refractivity contribution in [1.29, 1.82) is 0 Å². The van der Waals surface area contributed by atoms with Crippen molar-refractivity contribution in [2.75, 3.05) is 13.7 Å². The van der Waals surface area contributed by atoms with Crippen LogP contribution in [0.5, 0.6) is 0 Å². The molecule has 1 saturated carbocycles. The summed E-state index contributed by atoms with van der Waals surface area (Å²) in [6.45, 7) is 2.84. The van der Waals surface area contributed by atoms with Gasteiger partial charge in [0.15, 0.2) is 0 Å². The molecule has 1 unspecified atom stereocenters. The molecule has 0 spiro atoms. The first kappa shape index (κ1) is 13.3. The number of halogens is 1. The largest absolute Gasteiger partial charge is 0.373 e. The smallest absolute Gasteiger partial charge is 0.0884 e. The predicted molar refractivity (Wildman–Crippen MR) is 74.0 cm³/mol. The van der Waals surface area contributed by atoms with Crippen LogP contribution in [0.3, 0.4) is 0 Å². The van der Waals surface area contributed by atoms with Crippen LogP contribution in [0.4, 0.5) is 0 Å². The molecule has 0 amide bonds. The minimum absolute atomic E-state index is 0.0575. The number of hydrogen-bond donors (Lipinski definition) is 1. The molecule has 0 aromatic carbocycles. The maximum absolute atomic E-state index is 6.27. The summed E-state index contributed by atoms with van der Waals surface area (Å²) in [5.41, 5.74) is -0.0575. The summed E-state index contributed by atoms with van der Waals surface area (Å²) >= 11 is 7.99. The predicted octanol–water partition coefficient (Wildman–Crippen LogP) is 4.01. The van der Waals surface area contributed by atoms with Gasteiger partial charge in [-0.25, -0.2) is 0 Å². The fourth-order valence-electron chi connectivity index (χ4n) is 2.92. The lowest BCUT2D eigenvalue weighted by Gasteiger charge is -2.37. The molecule has 1 heterocycles. The third-order valence-electron chi connectivity index (χ3n) is 3.60. The van der Waals surface area contributed by atoms with Crippen molar-refractivity contribution in [2.24, 2.45) is 0 Å². The monoisotopic (exact) mass is 273 g/mol. The van der Waals surface area contributed by atoms with Crippen LogP contribution in [-0.2, 0) is 4.74 Å². The maximum atomic E-state index is 6.27. The summed E-state index contributed by atoms with van der Waals surface area (Å²) in [6, 6.07) is 2.19. The average molecular weight is 274 g/mol. The van der Waals surface area contributed by atoms with E-state index in [0.29, 0.717) is 0 Å². The van der Waals surface area contributed by atoms with Crippen LogP contribution < -0.4 is 5.32 Å². The molecule has 4 heteroatoms. The molecule has 0 saturated heterocycles. The van der Waals surface area contributed by atoms with Crippen LogP contribution in [0.25, 0.3) is 0 Å². The first-order valence-corrected chi connectivity index (χ1v) is 7.53. The van der Waals surface area contributed by atoms with Crippen molar-refractivity contribution in [3.63, 3.8) is 0 Å². The Hall–Kier alpha value is -0.0900. The molecule has 1 aromatic heterocycles. The third kappa shape index (κ3) is 2.53. The molecule has 1 aliphatic carbocycles. The van der Waals surface area contributed by atoms with E-state index in [1.807, 2.05) is 13.1 Å². The van der Waals surface area contributed by atoms with E-state index in [0.717, 1.165) is 24.5 Å². The van der Waals surface area contributed by atoms with Gasteiger partial charge in [-0.1, -0.05) is 24.4 Å². The lowest BCUT2D eigenvalue weighted by atomic mass is 9.90.